The summed E-state index contributed by atoms with van der Waals surface area (Å²) in [6, 6.07) is 3.65. The first-order chi connectivity index (χ1) is 8.45. The van der Waals surface area contributed by atoms with Crippen molar-refractivity contribution in [2.45, 2.75) is 20.3 Å². The van der Waals surface area contributed by atoms with Gasteiger partial charge in [-0.3, -0.25) is 10.1 Å². The van der Waals surface area contributed by atoms with E-state index in [2.05, 4.69) is 31.9 Å². The predicted molar refractivity (Wildman–Crippen MR) is 78.3 cm³/mol. The van der Waals surface area contributed by atoms with Crippen LogP contribution in [0.1, 0.15) is 25.8 Å². The molecule has 1 aromatic carbocycles. The molecular weight excluding hydrogens is 366 g/mol. The van der Waals surface area contributed by atoms with Crippen LogP contribution in [0, 0.1) is 10.1 Å². The van der Waals surface area contributed by atoms with E-state index < -0.39 is 4.92 Å². The van der Waals surface area contributed by atoms with Crippen LogP contribution >= 0.6 is 31.9 Å². The van der Waals surface area contributed by atoms with Crippen molar-refractivity contribution in [1.29, 1.82) is 0 Å². The molecule has 0 aliphatic heterocycles. The van der Waals surface area contributed by atoms with Gasteiger partial charge >= 0.3 is 0 Å². The molecule has 1 aromatic rings. The molecule has 0 unspecified atom stereocenters. The minimum atomic E-state index is -0.418. The van der Waals surface area contributed by atoms with Gasteiger partial charge in [0.2, 0.25) is 5.70 Å². The third kappa shape index (κ3) is 4.10. The Bertz CT molecular complexity index is 486. The second-order valence-corrected chi connectivity index (χ2v) is 5.47. The number of ether oxygens (including phenoxy) is 1. The molecule has 18 heavy (non-hydrogen) atoms. The molecule has 6 heteroatoms. The Morgan fingerprint density at radius 2 is 2.17 bits per heavy atom. The van der Waals surface area contributed by atoms with E-state index in [4.69, 9.17) is 4.74 Å². The van der Waals surface area contributed by atoms with Gasteiger partial charge in [0.15, 0.2) is 0 Å². The van der Waals surface area contributed by atoms with Crippen molar-refractivity contribution in [2.24, 2.45) is 0 Å². The normalized spacial score (nSPS) is 11.4. The molecule has 0 aliphatic carbocycles. The van der Waals surface area contributed by atoms with E-state index in [-0.39, 0.29) is 5.70 Å². The Balaban J connectivity index is 3.22. The van der Waals surface area contributed by atoms with Crippen LogP contribution in [0.2, 0.25) is 0 Å². The second kappa shape index (κ2) is 6.89. The first-order valence-electron chi connectivity index (χ1n) is 5.40. The van der Waals surface area contributed by atoms with Crippen molar-refractivity contribution in [3.8, 4) is 5.75 Å². The average molecular weight is 379 g/mol. The van der Waals surface area contributed by atoms with Crippen molar-refractivity contribution in [2.75, 3.05) is 6.61 Å². The van der Waals surface area contributed by atoms with Crippen molar-refractivity contribution in [3.63, 3.8) is 0 Å². The monoisotopic (exact) mass is 377 g/mol. The summed E-state index contributed by atoms with van der Waals surface area (Å²) in [4.78, 5) is 10.3. The Kier molecular flexibility index (Phi) is 5.81. The highest BCUT2D eigenvalue weighted by Crippen LogP contribution is 2.34. The minimum Gasteiger partial charge on any atom is -0.492 e. The Morgan fingerprint density at radius 3 is 2.72 bits per heavy atom. The number of hydrogen-bond acceptors (Lipinski definition) is 3. The lowest BCUT2D eigenvalue weighted by Crippen LogP contribution is -1.99. The molecule has 4 nitrogen and oxygen atoms in total. The molecular formula is C12H13Br2NO3. The summed E-state index contributed by atoms with van der Waals surface area (Å²) in [5, 5.41) is 10.7. The Morgan fingerprint density at radius 1 is 1.50 bits per heavy atom. The first kappa shape index (κ1) is 15.2. The van der Waals surface area contributed by atoms with Crippen molar-refractivity contribution < 1.29 is 9.66 Å². The van der Waals surface area contributed by atoms with Gasteiger partial charge in [0.25, 0.3) is 0 Å². The number of nitrogens with zero attached hydrogens (tertiary/aromatic N) is 1. The van der Waals surface area contributed by atoms with Crippen LogP contribution in [0.3, 0.4) is 0 Å². The summed E-state index contributed by atoms with van der Waals surface area (Å²) < 4.78 is 7.22. The maximum absolute atomic E-state index is 10.7. The van der Waals surface area contributed by atoms with Gasteiger partial charge in [0, 0.05) is 23.0 Å². The Hall–Kier alpha value is -0.880. The summed E-state index contributed by atoms with van der Waals surface area (Å²) in [6.07, 6.45) is 2.38. The lowest BCUT2D eigenvalue weighted by Gasteiger charge is -2.11. The first-order valence-corrected chi connectivity index (χ1v) is 6.98. The highest BCUT2D eigenvalue weighted by Gasteiger charge is 2.11. The molecule has 0 aromatic heterocycles. The van der Waals surface area contributed by atoms with Gasteiger partial charge in [0.05, 0.1) is 16.0 Å². The third-order valence-electron chi connectivity index (χ3n) is 2.14. The average Bonchev–Trinajstić information content (AvgIpc) is 2.27. The van der Waals surface area contributed by atoms with Gasteiger partial charge in [0.1, 0.15) is 5.75 Å². The van der Waals surface area contributed by atoms with Crippen molar-refractivity contribution in [1.82, 2.24) is 0 Å². The molecule has 0 amide bonds. The molecule has 0 atom stereocenters. The smallest absolute Gasteiger partial charge is 0.243 e. The van der Waals surface area contributed by atoms with E-state index in [1.54, 1.807) is 6.07 Å². The number of benzene rings is 1. The number of nitro groups is 1. The zero-order valence-electron chi connectivity index (χ0n) is 10.1. The maximum atomic E-state index is 10.7. The Labute approximate surface area is 122 Å². The topological polar surface area (TPSA) is 52.4 Å². The van der Waals surface area contributed by atoms with Gasteiger partial charge in [-0.05, 0) is 34.5 Å². The molecule has 0 fully saturated rings. The number of allylic oxidation sites excluding steroid dienone is 1. The van der Waals surface area contributed by atoms with Gasteiger partial charge < -0.3 is 4.74 Å². The van der Waals surface area contributed by atoms with Gasteiger partial charge in [-0.15, -0.1) is 0 Å². The van der Waals surface area contributed by atoms with Crippen LogP contribution in [0.15, 0.2) is 26.8 Å². The SMILES string of the molecule is CCCOc1c(Br)cc(Br)cc1C=C(C)[N+](=O)[O-]. The molecule has 0 spiro atoms. The fraction of sp³-hybridized carbons (Fsp3) is 0.333. The molecule has 0 heterocycles. The zero-order valence-corrected chi connectivity index (χ0v) is 13.2. The van der Waals surface area contributed by atoms with Crippen molar-refractivity contribution in [3.05, 3.63) is 42.5 Å². The summed E-state index contributed by atoms with van der Waals surface area (Å²) >= 11 is 6.76. The largest absolute Gasteiger partial charge is 0.492 e. The summed E-state index contributed by atoms with van der Waals surface area (Å²) in [6.45, 7) is 4.03. The summed E-state index contributed by atoms with van der Waals surface area (Å²) in [5.74, 6) is 0.626. The van der Waals surface area contributed by atoms with Crippen molar-refractivity contribution >= 4 is 37.9 Å². The van der Waals surface area contributed by atoms with Crippen LogP contribution in [-0.2, 0) is 0 Å². The van der Waals surface area contributed by atoms with Crippen LogP contribution in [0.4, 0.5) is 0 Å². The fourth-order valence-corrected chi connectivity index (χ4v) is 2.69. The highest BCUT2D eigenvalue weighted by molar-refractivity contribution is 9.11. The van der Waals surface area contributed by atoms with E-state index in [1.165, 1.54) is 13.0 Å². The number of rotatable bonds is 5. The van der Waals surface area contributed by atoms with E-state index in [9.17, 15) is 10.1 Å². The number of halogens is 2. The van der Waals surface area contributed by atoms with Gasteiger partial charge in [-0.25, -0.2) is 0 Å². The van der Waals surface area contributed by atoms with E-state index in [1.807, 2.05) is 13.0 Å². The van der Waals surface area contributed by atoms with Gasteiger partial charge in [-0.1, -0.05) is 22.9 Å². The minimum absolute atomic E-state index is 0.0707. The molecule has 0 saturated heterocycles. The molecule has 1 rings (SSSR count). The molecule has 98 valence electrons. The van der Waals surface area contributed by atoms with Crippen LogP contribution in [-0.4, -0.2) is 11.5 Å². The lowest BCUT2D eigenvalue weighted by molar-refractivity contribution is -0.422. The highest BCUT2D eigenvalue weighted by atomic mass is 79.9. The maximum Gasteiger partial charge on any atom is 0.243 e. The van der Waals surface area contributed by atoms with Crippen LogP contribution in [0.25, 0.3) is 6.08 Å². The molecule has 0 saturated carbocycles. The van der Waals surface area contributed by atoms with E-state index in [0.29, 0.717) is 17.9 Å². The summed E-state index contributed by atoms with van der Waals surface area (Å²) in [5.41, 5.74) is 0.750. The standard InChI is InChI=1S/C12H13Br2NO3/c1-3-4-18-12-9(5-8(2)15(16)17)6-10(13)7-11(12)14/h5-7H,3-4H2,1-2H3. The zero-order chi connectivity index (χ0) is 13.7. The fourth-order valence-electron chi connectivity index (χ4n) is 1.32. The third-order valence-corrected chi connectivity index (χ3v) is 3.19. The molecule has 0 radical (unpaired) electrons. The van der Waals surface area contributed by atoms with E-state index in [0.717, 1.165) is 15.4 Å². The van der Waals surface area contributed by atoms with E-state index >= 15 is 0 Å². The molecule has 0 bridgehead atoms. The van der Waals surface area contributed by atoms with Crippen LogP contribution < -0.4 is 4.74 Å². The second-order valence-electron chi connectivity index (χ2n) is 3.70. The summed E-state index contributed by atoms with van der Waals surface area (Å²) in [7, 11) is 0. The predicted octanol–water partition coefficient (Wildman–Crippen LogP) is 4.64. The quantitative estimate of drug-likeness (QED) is 0.554. The number of hydrogen-bond donors (Lipinski definition) is 0. The molecule has 0 aliphatic rings. The lowest BCUT2D eigenvalue weighted by atomic mass is 10.1. The van der Waals surface area contributed by atoms with Gasteiger partial charge in [-0.2, -0.15) is 0 Å². The molecule has 0 N–H and O–H groups in total. The van der Waals surface area contributed by atoms with Crippen LogP contribution in [0.5, 0.6) is 5.75 Å².